The van der Waals surface area contributed by atoms with Gasteiger partial charge in [-0.1, -0.05) is 6.92 Å². The molecule has 0 unspecified atom stereocenters. The number of thiophene rings is 1. The molecule has 0 aliphatic heterocycles. The van der Waals surface area contributed by atoms with Crippen molar-refractivity contribution in [2.45, 2.75) is 26.2 Å². The molecule has 0 fully saturated rings. The number of amides is 1. The second-order valence-electron chi connectivity index (χ2n) is 4.72. The second kappa shape index (κ2) is 7.69. The Morgan fingerprint density at radius 3 is 2.86 bits per heavy atom. The lowest BCUT2D eigenvalue weighted by molar-refractivity contribution is -0.144. The van der Waals surface area contributed by atoms with Crippen LogP contribution >= 0.6 is 11.3 Å². The average Bonchev–Trinajstić information content (AvgIpc) is 3.14. The third-order valence-electron chi connectivity index (χ3n) is 2.96. The molecular weight excluding hydrogens is 306 g/mol. The summed E-state index contributed by atoms with van der Waals surface area (Å²) in [5.74, 6) is -0.431. The summed E-state index contributed by atoms with van der Waals surface area (Å²) >= 11 is 1.53. The van der Waals surface area contributed by atoms with Gasteiger partial charge in [0.25, 0.3) is 0 Å². The minimum absolute atomic E-state index is 0.151. The predicted molar refractivity (Wildman–Crippen MR) is 80.4 cm³/mol. The van der Waals surface area contributed by atoms with Crippen molar-refractivity contribution < 1.29 is 19.1 Å². The molecule has 0 aliphatic rings. The van der Waals surface area contributed by atoms with Crippen molar-refractivity contribution in [2.75, 3.05) is 13.1 Å². The topological polar surface area (TPSA) is 96.5 Å². The maximum absolute atomic E-state index is 12.1. The van der Waals surface area contributed by atoms with Crippen LogP contribution in [0.5, 0.6) is 0 Å². The van der Waals surface area contributed by atoms with E-state index < -0.39 is 5.97 Å². The Balaban J connectivity index is 1.91. The number of aromatic nitrogens is 2. The van der Waals surface area contributed by atoms with Crippen LogP contribution in [0.15, 0.2) is 21.2 Å². The van der Waals surface area contributed by atoms with E-state index in [1.54, 1.807) is 0 Å². The van der Waals surface area contributed by atoms with E-state index in [4.69, 9.17) is 9.52 Å². The molecule has 0 atom stereocenters. The van der Waals surface area contributed by atoms with Crippen LogP contribution < -0.4 is 0 Å². The molecule has 0 saturated heterocycles. The fourth-order valence-corrected chi connectivity index (χ4v) is 2.58. The van der Waals surface area contributed by atoms with Crippen LogP contribution in [0.3, 0.4) is 0 Å². The fraction of sp³-hybridized carbons (Fsp3) is 0.429. The largest absolute Gasteiger partial charge is 0.480 e. The Morgan fingerprint density at radius 2 is 2.23 bits per heavy atom. The summed E-state index contributed by atoms with van der Waals surface area (Å²) in [6.07, 6.45) is 1.16. The molecule has 2 heterocycles. The van der Waals surface area contributed by atoms with Crippen molar-refractivity contribution in [2.24, 2.45) is 0 Å². The van der Waals surface area contributed by atoms with E-state index in [0.29, 0.717) is 31.2 Å². The first-order valence-electron chi connectivity index (χ1n) is 6.94. The quantitative estimate of drug-likeness (QED) is 0.798. The van der Waals surface area contributed by atoms with Gasteiger partial charge in [0, 0.05) is 30.3 Å². The van der Waals surface area contributed by atoms with Crippen LogP contribution in [0.2, 0.25) is 0 Å². The summed E-state index contributed by atoms with van der Waals surface area (Å²) in [5, 5.41) is 20.5. The predicted octanol–water partition coefficient (Wildman–Crippen LogP) is 2.05. The van der Waals surface area contributed by atoms with Crippen molar-refractivity contribution in [1.29, 1.82) is 0 Å². The number of carboxylic acids is 1. The number of hydrogen-bond donors (Lipinski definition) is 1. The normalized spacial score (nSPS) is 10.6. The van der Waals surface area contributed by atoms with Gasteiger partial charge in [0.1, 0.15) is 6.54 Å². The highest BCUT2D eigenvalue weighted by Gasteiger charge is 2.17. The SMILES string of the molecule is CCCN(CC(=O)O)C(=O)CCc1nnc(-c2ccsc2)o1. The highest BCUT2D eigenvalue weighted by molar-refractivity contribution is 7.08. The molecule has 8 heteroatoms. The van der Waals surface area contributed by atoms with E-state index in [-0.39, 0.29) is 18.9 Å². The summed E-state index contributed by atoms with van der Waals surface area (Å²) in [7, 11) is 0. The lowest BCUT2D eigenvalue weighted by atomic mass is 10.2. The molecule has 7 nitrogen and oxygen atoms in total. The molecule has 0 saturated carbocycles. The molecular formula is C14H17N3O4S. The molecule has 22 heavy (non-hydrogen) atoms. The summed E-state index contributed by atoms with van der Waals surface area (Å²) in [5.41, 5.74) is 0.855. The number of carbonyl (C=O) groups excluding carboxylic acids is 1. The van der Waals surface area contributed by atoms with E-state index in [1.807, 2.05) is 23.8 Å². The zero-order valence-corrected chi connectivity index (χ0v) is 13.0. The first-order valence-corrected chi connectivity index (χ1v) is 7.89. The highest BCUT2D eigenvalue weighted by atomic mass is 32.1. The van der Waals surface area contributed by atoms with Gasteiger partial charge in [-0.05, 0) is 17.9 Å². The van der Waals surface area contributed by atoms with E-state index in [2.05, 4.69) is 10.2 Å². The second-order valence-corrected chi connectivity index (χ2v) is 5.50. The van der Waals surface area contributed by atoms with Crippen LogP contribution in [0.25, 0.3) is 11.5 Å². The summed E-state index contributed by atoms with van der Waals surface area (Å²) in [4.78, 5) is 24.1. The maximum atomic E-state index is 12.1. The molecule has 2 aromatic heterocycles. The molecule has 118 valence electrons. The van der Waals surface area contributed by atoms with Crippen molar-refractivity contribution in [1.82, 2.24) is 15.1 Å². The van der Waals surface area contributed by atoms with Crippen LogP contribution in [-0.4, -0.2) is 45.2 Å². The number of aliphatic carboxylic acids is 1. The number of rotatable bonds is 8. The van der Waals surface area contributed by atoms with Crippen LogP contribution in [0.1, 0.15) is 25.7 Å². The van der Waals surface area contributed by atoms with Gasteiger partial charge in [-0.15, -0.1) is 10.2 Å². The van der Waals surface area contributed by atoms with Gasteiger partial charge in [-0.2, -0.15) is 11.3 Å². The van der Waals surface area contributed by atoms with Gasteiger partial charge < -0.3 is 14.4 Å². The highest BCUT2D eigenvalue weighted by Crippen LogP contribution is 2.20. The zero-order chi connectivity index (χ0) is 15.9. The first-order chi connectivity index (χ1) is 10.6. The lowest BCUT2D eigenvalue weighted by Gasteiger charge is -2.19. The van der Waals surface area contributed by atoms with Crippen molar-refractivity contribution in [3.63, 3.8) is 0 Å². The van der Waals surface area contributed by atoms with Gasteiger partial charge >= 0.3 is 5.97 Å². The standard InChI is InChI=1S/C14H17N3O4S/c1-2-6-17(8-13(19)20)12(18)4-3-11-15-16-14(21-11)10-5-7-22-9-10/h5,7,9H,2-4,6,8H2,1H3,(H,19,20). The van der Waals surface area contributed by atoms with Gasteiger partial charge in [0.05, 0.1) is 0 Å². The van der Waals surface area contributed by atoms with Crippen molar-refractivity contribution >= 4 is 23.2 Å². The first kappa shape index (κ1) is 16.2. The number of carboxylic acid groups (broad SMARTS) is 1. The minimum atomic E-state index is -1.01. The molecule has 0 bridgehead atoms. The van der Waals surface area contributed by atoms with Crippen LogP contribution in [0.4, 0.5) is 0 Å². The molecule has 0 aliphatic carbocycles. The molecule has 0 aromatic carbocycles. The monoisotopic (exact) mass is 323 g/mol. The van der Waals surface area contributed by atoms with Gasteiger partial charge in [-0.25, -0.2) is 0 Å². The number of nitrogens with zero attached hydrogens (tertiary/aromatic N) is 3. The van der Waals surface area contributed by atoms with Gasteiger partial charge in [0.2, 0.25) is 17.7 Å². The van der Waals surface area contributed by atoms with Gasteiger partial charge in [-0.3, -0.25) is 9.59 Å². The Labute approximate surface area is 131 Å². The van der Waals surface area contributed by atoms with E-state index in [9.17, 15) is 9.59 Å². The molecule has 2 rings (SSSR count). The molecule has 2 aromatic rings. The Hall–Kier alpha value is -2.22. The zero-order valence-electron chi connectivity index (χ0n) is 12.2. The summed E-state index contributed by atoms with van der Waals surface area (Å²) < 4.78 is 5.50. The minimum Gasteiger partial charge on any atom is -0.480 e. The Bertz CT molecular complexity index is 624. The lowest BCUT2D eigenvalue weighted by Crippen LogP contribution is -2.36. The van der Waals surface area contributed by atoms with Crippen molar-refractivity contribution in [3.05, 3.63) is 22.7 Å². The number of aryl methyl sites for hydroxylation is 1. The number of hydrogen-bond acceptors (Lipinski definition) is 6. The number of carbonyl (C=O) groups is 2. The average molecular weight is 323 g/mol. The Morgan fingerprint density at radius 1 is 1.41 bits per heavy atom. The summed E-state index contributed by atoms with van der Waals surface area (Å²) in [6.45, 7) is 2.04. The van der Waals surface area contributed by atoms with E-state index >= 15 is 0 Å². The van der Waals surface area contributed by atoms with Crippen LogP contribution in [0, 0.1) is 0 Å². The molecule has 0 spiro atoms. The van der Waals surface area contributed by atoms with Crippen LogP contribution in [-0.2, 0) is 16.0 Å². The van der Waals surface area contributed by atoms with Crippen molar-refractivity contribution in [3.8, 4) is 11.5 Å². The van der Waals surface area contributed by atoms with E-state index in [1.165, 1.54) is 16.2 Å². The summed E-state index contributed by atoms with van der Waals surface area (Å²) in [6, 6.07) is 1.88. The Kier molecular flexibility index (Phi) is 5.65. The molecule has 1 amide bonds. The maximum Gasteiger partial charge on any atom is 0.323 e. The third-order valence-corrected chi connectivity index (χ3v) is 3.64. The third kappa shape index (κ3) is 4.39. The smallest absolute Gasteiger partial charge is 0.323 e. The van der Waals surface area contributed by atoms with Gasteiger partial charge in [0.15, 0.2) is 0 Å². The molecule has 0 radical (unpaired) electrons. The molecule has 1 N–H and O–H groups in total. The van der Waals surface area contributed by atoms with E-state index in [0.717, 1.165) is 5.56 Å². The fourth-order valence-electron chi connectivity index (χ4n) is 1.95.